The first-order valence-corrected chi connectivity index (χ1v) is 10.6. The number of aryl methyl sites for hydroxylation is 2. The Labute approximate surface area is 175 Å². The predicted molar refractivity (Wildman–Crippen MR) is 114 cm³/mol. The topological polar surface area (TPSA) is 72.6 Å². The first kappa shape index (κ1) is 21.2. The van der Waals surface area contributed by atoms with Gasteiger partial charge in [-0.05, 0) is 25.5 Å². The number of ether oxygens (including phenoxy) is 1. The van der Waals surface area contributed by atoms with Gasteiger partial charge in [-0.2, -0.15) is 0 Å². The van der Waals surface area contributed by atoms with Crippen LogP contribution >= 0.6 is 11.8 Å². The lowest BCUT2D eigenvalue weighted by atomic mass is 9.83. The number of likely N-dealkylation sites (N-methyl/N-ethyl adjacent to an activating group) is 1. The minimum Gasteiger partial charge on any atom is -0.457 e. The van der Waals surface area contributed by atoms with Crippen molar-refractivity contribution in [3.05, 3.63) is 58.6 Å². The number of carbonyl (C=O) groups is 2. The van der Waals surface area contributed by atoms with Crippen LogP contribution in [0.2, 0.25) is 0 Å². The van der Waals surface area contributed by atoms with Crippen LogP contribution < -0.4 is 4.90 Å². The van der Waals surface area contributed by atoms with E-state index in [-0.39, 0.29) is 23.6 Å². The second-order valence-corrected chi connectivity index (χ2v) is 8.64. The molecule has 3 rings (SSSR count). The first-order valence-electron chi connectivity index (χ1n) is 9.45. The normalized spacial score (nSPS) is 16.2. The van der Waals surface area contributed by atoms with E-state index in [4.69, 9.17) is 9.26 Å². The lowest BCUT2D eigenvalue weighted by molar-refractivity contribution is -0.144. The fourth-order valence-electron chi connectivity index (χ4n) is 3.59. The van der Waals surface area contributed by atoms with Gasteiger partial charge >= 0.3 is 5.97 Å². The molecule has 29 heavy (non-hydrogen) atoms. The predicted octanol–water partition coefficient (Wildman–Crippen LogP) is 3.95. The molecule has 6 nitrogen and oxygen atoms in total. The minimum absolute atomic E-state index is 0.171. The minimum atomic E-state index is -0.407. The van der Waals surface area contributed by atoms with Crippen molar-refractivity contribution in [2.75, 3.05) is 24.3 Å². The molecule has 2 heterocycles. The summed E-state index contributed by atoms with van der Waals surface area (Å²) in [5, 5.41) is 3.90. The summed E-state index contributed by atoms with van der Waals surface area (Å²) in [6, 6.07) is 8.10. The summed E-state index contributed by atoms with van der Waals surface area (Å²) in [6.45, 7) is 7.64. The number of anilines is 1. The number of para-hydroxylation sites is 1. The van der Waals surface area contributed by atoms with Crippen LogP contribution in [0.5, 0.6) is 0 Å². The summed E-state index contributed by atoms with van der Waals surface area (Å²) in [6.07, 6.45) is 1.59. The summed E-state index contributed by atoms with van der Waals surface area (Å²) in [7, 11) is 1.95. The molecule has 0 radical (unpaired) electrons. The standard InChI is InChI=1S/C22H26N2O4S/c1-14-17(15(2)28-23-14)12-29-13-21(26)27-11-16(25)10-20-22(3,4)18-8-6-7-9-19(18)24(20)5/h6-10H,11-13H2,1-5H3. The molecule has 1 aromatic heterocycles. The molecule has 2 aromatic rings. The number of hydrogen-bond donors (Lipinski definition) is 0. The molecule has 0 N–H and O–H groups in total. The molecule has 154 valence electrons. The molecular formula is C22H26N2O4S. The number of nitrogens with zero attached hydrogens (tertiary/aromatic N) is 2. The molecule has 1 aliphatic rings. The van der Waals surface area contributed by atoms with Crippen LogP contribution in [0.4, 0.5) is 5.69 Å². The zero-order valence-electron chi connectivity index (χ0n) is 17.4. The summed E-state index contributed by atoms with van der Waals surface area (Å²) in [5.41, 5.74) is 4.70. The van der Waals surface area contributed by atoms with Crippen molar-refractivity contribution in [3.63, 3.8) is 0 Å². The Morgan fingerprint density at radius 1 is 1.28 bits per heavy atom. The van der Waals surface area contributed by atoms with Crippen LogP contribution in [0.25, 0.3) is 0 Å². The average Bonchev–Trinajstić information content (AvgIpc) is 3.10. The zero-order chi connectivity index (χ0) is 21.2. The maximum absolute atomic E-state index is 12.4. The highest BCUT2D eigenvalue weighted by Crippen LogP contribution is 2.46. The summed E-state index contributed by atoms with van der Waals surface area (Å²) in [4.78, 5) is 26.4. The number of ketones is 1. The fraction of sp³-hybridized carbons (Fsp3) is 0.409. The first-order chi connectivity index (χ1) is 13.7. The van der Waals surface area contributed by atoms with Crippen LogP contribution in [0.3, 0.4) is 0 Å². The Balaban J connectivity index is 1.53. The molecule has 1 aromatic carbocycles. The molecule has 0 fully saturated rings. The van der Waals surface area contributed by atoms with Crippen LogP contribution in [0, 0.1) is 13.8 Å². The van der Waals surface area contributed by atoms with Gasteiger partial charge in [0.25, 0.3) is 0 Å². The van der Waals surface area contributed by atoms with Crippen molar-refractivity contribution in [2.45, 2.75) is 38.9 Å². The SMILES string of the molecule is Cc1noc(C)c1CSCC(=O)OCC(=O)C=C1N(C)c2ccccc2C1(C)C. The molecular weight excluding hydrogens is 388 g/mol. The highest BCUT2D eigenvalue weighted by Gasteiger charge is 2.38. The van der Waals surface area contributed by atoms with Crippen molar-refractivity contribution in [2.24, 2.45) is 0 Å². The number of thioether (sulfide) groups is 1. The molecule has 1 aliphatic heterocycles. The maximum Gasteiger partial charge on any atom is 0.316 e. The van der Waals surface area contributed by atoms with Crippen molar-refractivity contribution in [1.29, 1.82) is 0 Å². The molecule has 0 aliphatic carbocycles. The second kappa shape index (κ2) is 8.45. The molecule has 0 spiro atoms. The van der Waals surface area contributed by atoms with Crippen LogP contribution in [-0.4, -0.2) is 36.3 Å². The Morgan fingerprint density at radius 2 is 2.00 bits per heavy atom. The van der Waals surface area contributed by atoms with Gasteiger partial charge in [-0.3, -0.25) is 9.59 Å². The van der Waals surface area contributed by atoms with Gasteiger partial charge in [-0.1, -0.05) is 37.2 Å². The molecule has 0 unspecified atom stereocenters. The van der Waals surface area contributed by atoms with Gasteiger partial charge in [0, 0.05) is 41.2 Å². The molecule has 7 heteroatoms. The second-order valence-electron chi connectivity index (χ2n) is 7.65. The third kappa shape index (κ3) is 4.40. The van der Waals surface area contributed by atoms with Crippen molar-refractivity contribution >= 4 is 29.2 Å². The molecule has 0 atom stereocenters. The van der Waals surface area contributed by atoms with E-state index < -0.39 is 5.97 Å². The highest BCUT2D eigenvalue weighted by atomic mass is 32.2. The highest BCUT2D eigenvalue weighted by molar-refractivity contribution is 7.99. The number of aromatic nitrogens is 1. The zero-order valence-corrected chi connectivity index (χ0v) is 18.3. The van der Waals surface area contributed by atoms with Gasteiger partial charge in [0.15, 0.2) is 12.4 Å². The van der Waals surface area contributed by atoms with Crippen LogP contribution in [0.15, 0.2) is 40.6 Å². The number of allylic oxidation sites excluding steroid dienone is 1. The van der Waals surface area contributed by atoms with Crippen molar-refractivity contribution in [1.82, 2.24) is 5.16 Å². The Bertz CT molecular complexity index is 942. The monoisotopic (exact) mass is 414 g/mol. The van der Waals surface area contributed by atoms with E-state index in [2.05, 4.69) is 25.1 Å². The van der Waals surface area contributed by atoms with E-state index in [1.54, 1.807) is 6.08 Å². The molecule has 0 bridgehead atoms. The number of rotatable bonds is 7. The quantitative estimate of drug-likeness (QED) is 0.502. The van der Waals surface area contributed by atoms with Gasteiger partial charge in [0.05, 0.1) is 11.4 Å². The van der Waals surface area contributed by atoms with Crippen molar-refractivity contribution < 1.29 is 18.8 Å². The van der Waals surface area contributed by atoms with Gasteiger partial charge in [0.1, 0.15) is 5.76 Å². The van der Waals surface area contributed by atoms with E-state index in [1.165, 1.54) is 17.3 Å². The maximum atomic E-state index is 12.4. The lowest BCUT2D eigenvalue weighted by Gasteiger charge is -2.23. The van der Waals surface area contributed by atoms with E-state index in [1.807, 2.05) is 44.0 Å². The number of hydrogen-bond acceptors (Lipinski definition) is 7. The Morgan fingerprint density at radius 3 is 2.66 bits per heavy atom. The van der Waals surface area contributed by atoms with Crippen LogP contribution in [0.1, 0.15) is 36.4 Å². The fourth-order valence-corrected chi connectivity index (χ4v) is 4.56. The lowest BCUT2D eigenvalue weighted by Crippen LogP contribution is -2.25. The molecule has 0 saturated carbocycles. The smallest absolute Gasteiger partial charge is 0.316 e. The van der Waals surface area contributed by atoms with Gasteiger partial charge < -0.3 is 14.2 Å². The Kier molecular flexibility index (Phi) is 6.17. The third-order valence-electron chi connectivity index (χ3n) is 5.26. The summed E-state index contributed by atoms with van der Waals surface area (Å²) in [5.74, 6) is 0.915. The van der Waals surface area contributed by atoms with Gasteiger partial charge in [-0.25, -0.2) is 0 Å². The third-order valence-corrected chi connectivity index (χ3v) is 6.19. The number of benzene rings is 1. The molecule has 0 amide bonds. The summed E-state index contributed by atoms with van der Waals surface area (Å²) >= 11 is 1.41. The van der Waals surface area contributed by atoms with Gasteiger partial charge in [-0.15, -0.1) is 11.8 Å². The van der Waals surface area contributed by atoms with Gasteiger partial charge in [0.2, 0.25) is 0 Å². The van der Waals surface area contributed by atoms with Crippen molar-refractivity contribution in [3.8, 4) is 0 Å². The number of carbonyl (C=O) groups excluding carboxylic acids is 2. The number of esters is 1. The average molecular weight is 415 g/mol. The van der Waals surface area contributed by atoms with Crippen LogP contribution in [-0.2, 0) is 25.5 Å². The van der Waals surface area contributed by atoms with E-state index in [9.17, 15) is 9.59 Å². The summed E-state index contributed by atoms with van der Waals surface area (Å²) < 4.78 is 10.3. The Hall–Kier alpha value is -2.54. The van der Waals surface area contributed by atoms with E-state index in [0.717, 1.165) is 28.4 Å². The largest absolute Gasteiger partial charge is 0.457 e. The number of fused-ring (bicyclic) bond motifs is 1. The van der Waals surface area contributed by atoms with E-state index >= 15 is 0 Å². The molecule has 0 saturated heterocycles. The van der Waals surface area contributed by atoms with E-state index in [0.29, 0.717) is 5.75 Å².